The number of hydrogen-bond donors (Lipinski definition) is 1. The zero-order chi connectivity index (χ0) is 10.8. The maximum atomic E-state index is 13.1. The van der Waals surface area contributed by atoms with Gasteiger partial charge in [-0.3, -0.25) is 0 Å². The van der Waals surface area contributed by atoms with Gasteiger partial charge in [-0.1, -0.05) is 0 Å². The van der Waals surface area contributed by atoms with E-state index < -0.39 is 11.8 Å². The summed E-state index contributed by atoms with van der Waals surface area (Å²) in [6.45, 7) is 0. The van der Waals surface area contributed by atoms with Crippen molar-refractivity contribution < 1.29 is 14.3 Å². The van der Waals surface area contributed by atoms with E-state index >= 15 is 0 Å². The number of carboxylic acids is 1. The molecule has 1 N–H and O–H groups in total. The number of halogens is 1. The van der Waals surface area contributed by atoms with Gasteiger partial charge in [-0.05, 0) is 24.3 Å². The molecule has 0 saturated heterocycles. The maximum absolute atomic E-state index is 13.1. The van der Waals surface area contributed by atoms with Crippen LogP contribution in [-0.4, -0.2) is 20.9 Å². The molecule has 4 nitrogen and oxygen atoms in total. The number of aromatic carboxylic acids is 1. The Labute approximate surface area is 84.6 Å². The van der Waals surface area contributed by atoms with Gasteiger partial charge in [0.15, 0.2) is 0 Å². The van der Waals surface area contributed by atoms with Gasteiger partial charge in [0.1, 0.15) is 5.82 Å². The van der Waals surface area contributed by atoms with Gasteiger partial charge in [0.2, 0.25) is 0 Å². The van der Waals surface area contributed by atoms with Crippen LogP contribution in [-0.2, 0) is 0 Å². The van der Waals surface area contributed by atoms with E-state index in [4.69, 9.17) is 5.11 Å². The summed E-state index contributed by atoms with van der Waals surface area (Å²) in [7, 11) is 0. The number of aromatic nitrogens is 2. The van der Waals surface area contributed by atoms with E-state index in [9.17, 15) is 9.18 Å². The van der Waals surface area contributed by atoms with Crippen molar-refractivity contribution in [1.82, 2.24) is 9.78 Å². The Morgan fingerprint density at radius 2 is 2.27 bits per heavy atom. The highest BCUT2D eigenvalue weighted by Gasteiger charge is 2.11. The third-order valence-electron chi connectivity index (χ3n) is 1.95. The van der Waals surface area contributed by atoms with E-state index in [1.165, 1.54) is 16.8 Å². The molecule has 15 heavy (non-hydrogen) atoms. The van der Waals surface area contributed by atoms with Gasteiger partial charge in [-0.15, -0.1) is 0 Å². The minimum Gasteiger partial charge on any atom is -0.478 e. The molecule has 2 rings (SSSR count). The molecule has 1 heterocycles. The minimum absolute atomic E-state index is 0.358. The molecule has 0 bridgehead atoms. The fraction of sp³-hybridized carbons (Fsp3) is 0. The van der Waals surface area contributed by atoms with E-state index in [2.05, 4.69) is 5.10 Å². The van der Waals surface area contributed by atoms with E-state index in [0.717, 1.165) is 6.07 Å². The zero-order valence-electron chi connectivity index (χ0n) is 7.59. The summed E-state index contributed by atoms with van der Waals surface area (Å²) in [5, 5.41) is 12.6. The first-order chi connectivity index (χ1) is 7.18. The first-order valence-corrected chi connectivity index (χ1v) is 4.21. The third-order valence-corrected chi connectivity index (χ3v) is 1.95. The van der Waals surface area contributed by atoms with Crippen molar-refractivity contribution in [3.63, 3.8) is 0 Å². The second-order valence-electron chi connectivity index (χ2n) is 2.92. The fourth-order valence-electron chi connectivity index (χ4n) is 1.24. The van der Waals surface area contributed by atoms with Crippen LogP contribution in [0, 0.1) is 5.82 Å². The number of hydrogen-bond acceptors (Lipinski definition) is 2. The Balaban J connectivity index is 2.52. The highest BCUT2D eigenvalue weighted by molar-refractivity contribution is 5.88. The number of rotatable bonds is 2. The predicted molar refractivity (Wildman–Crippen MR) is 50.5 cm³/mol. The summed E-state index contributed by atoms with van der Waals surface area (Å²) in [5.41, 5.74) is 0.154. The lowest BCUT2D eigenvalue weighted by Crippen LogP contribution is -2.03. The molecular weight excluding hydrogens is 199 g/mol. The van der Waals surface area contributed by atoms with Gasteiger partial charge < -0.3 is 5.11 Å². The topological polar surface area (TPSA) is 55.1 Å². The fourth-order valence-corrected chi connectivity index (χ4v) is 1.24. The molecular formula is C10H7FN2O2. The first-order valence-electron chi connectivity index (χ1n) is 4.21. The highest BCUT2D eigenvalue weighted by Crippen LogP contribution is 2.13. The normalized spacial score (nSPS) is 10.2. The summed E-state index contributed by atoms with van der Waals surface area (Å²) < 4.78 is 14.5. The summed E-state index contributed by atoms with van der Waals surface area (Å²) in [4.78, 5) is 10.7. The molecule has 0 radical (unpaired) electrons. The van der Waals surface area contributed by atoms with Crippen LogP contribution in [0.3, 0.4) is 0 Å². The molecule has 2 aromatic rings. The molecule has 0 saturated carbocycles. The van der Waals surface area contributed by atoms with Crippen molar-refractivity contribution in [2.45, 2.75) is 0 Å². The highest BCUT2D eigenvalue weighted by atomic mass is 19.1. The van der Waals surface area contributed by atoms with Crippen LogP contribution in [0.15, 0.2) is 36.7 Å². The molecule has 0 atom stereocenters. The Morgan fingerprint density at radius 1 is 1.47 bits per heavy atom. The molecule has 1 aromatic heterocycles. The molecule has 0 aliphatic carbocycles. The summed E-state index contributed by atoms with van der Waals surface area (Å²) in [6, 6.07) is 5.52. The number of carbonyl (C=O) groups is 1. The standard InChI is InChI=1S/C10H7FN2O2/c11-9-3-2-7(6-8(9)10(14)15)13-5-1-4-12-13/h1-6H,(H,14,15). The van der Waals surface area contributed by atoms with Crippen molar-refractivity contribution in [2.75, 3.05) is 0 Å². The van der Waals surface area contributed by atoms with Crippen molar-refractivity contribution in [3.05, 3.63) is 48.0 Å². The second-order valence-corrected chi connectivity index (χ2v) is 2.92. The van der Waals surface area contributed by atoms with Gasteiger partial charge in [0, 0.05) is 12.4 Å². The summed E-state index contributed by atoms with van der Waals surface area (Å²) in [6.07, 6.45) is 3.21. The lowest BCUT2D eigenvalue weighted by molar-refractivity contribution is 0.0692. The van der Waals surface area contributed by atoms with Crippen LogP contribution in [0.25, 0.3) is 5.69 Å². The van der Waals surface area contributed by atoms with Crippen molar-refractivity contribution >= 4 is 5.97 Å². The molecule has 76 valence electrons. The first kappa shape index (κ1) is 9.39. The van der Waals surface area contributed by atoms with Crippen LogP contribution in [0.1, 0.15) is 10.4 Å². The molecule has 0 aliphatic rings. The van der Waals surface area contributed by atoms with E-state index in [0.29, 0.717) is 5.69 Å². The third kappa shape index (κ3) is 1.71. The molecule has 0 unspecified atom stereocenters. The van der Waals surface area contributed by atoms with E-state index in [1.54, 1.807) is 18.5 Å². The second kappa shape index (κ2) is 3.53. The van der Waals surface area contributed by atoms with Crippen molar-refractivity contribution in [3.8, 4) is 5.69 Å². The van der Waals surface area contributed by atoms with Crippen molar-refractivity contribution in [2.24, 2.45) is 0 Å². The van der Waals surface area contributed by atoms with Crippen molar-refractivity contribution in [1.29, 1.82) is 0 Å². The Morgan fingerprint density at radius 3 is 2.87 bits per heavy atom. The minimum atomic E-state index is -1.29. The zero-order valence-corrected chi connectivity index (χ0v) is 7.59. The van der Waals surface area contributed by atoms with Crippen LogP contribution < -0.4 is 0 Å². The molecule has 0 fully saturated rings. The Bertz CT molecular complexity index is 494. The maximum Gasteiger partial charge on any atom is 0.338 e. The van der Waals surface area contributed by atoms with E-state index in [1.807, 2.05) is 0 Å². The number of benzene rings is 1. The monoisotopic (exact) mass is 206 g/mol. The average Bonchev–Trinajstić information content (AvgIpc) is 2.71. The van der Waals surface area contributed by atoms with Crippen LogP contribution in [0.2, 0.25) is 0 Å². The van der Waals surface area contributed by atoms with Gasteiger partial charge in [-0.2, -0.15) is 5.10 Å². The van der Waals surface area contributed by atoms with Crippen LogP contribution in [0.4, 0.5) is 4.39 Å². The lowest BCUT2D eigenvalue weighted by Gasteiger charge is -2.03. The van der Waals surface area contributed by atoms with Gasteiger partial charge >= 0.3 is 5.97 Å². The number of nitrogens with zero attached hydrogens (tertiary/aromatic N) is 2. The number of carboxylic acid groups (broad SMARTS) is 1. The largest absolute Gasteiger partial charge is 0.478 e. The molecule has 5 heteroatoms. The quantitative estimate of drug-likeness (QED) is 0.813. The van der Waals surface area contributed by atoms with Gasteiger partial charge in [0.05, 0.1) is 11.3 Å². The molecule has 0 spiro atoms. The average molecular weight is 206 g/mol. The SMILES string of the molecule is O=C(O)c1cc(-n2cccn2)ccc1F. The molecule has 0 aliphatic heterocycles. The van der Waals surface area contributed by atoms with E-state index in [-0.39, 0.29) is 5.56 Å². The summed E-state index contributed by atoms with van der Waals surface area (Å²) >= 11 is 0. The Hall–Kier alpha value is -2.17. The predicted octanol–water partition coefficient (Wildman–Crippen LogP) is 1.71. The molecule has 1 aromatic carbocycles. The summed E-state index contributed by atoms with van der Waals surface area (Å²) in [5.74, 6) is -2.04. The van der Waals surface area contributed by atoms with Crippen LogP contribution >= 0.6 is 0 Å². The van der Waals surface area contributed by atoms with Gasteiger partial charge in [-0.25, -0.2) is 13.9 Å². The molecule has 0 amide bonds. The van der Waals surface area contributed by atoms with Crippen LogP contribution in [0.5, 0.6) is 0 Å². The smallest absolute Gasteiger partial charge is 0.338 e. The lowest BCUT2D eigenvalue weighted by atomic mass is 10.2. The van der Waals surface area contributed by atoms with Gasteiger partial charge in [0.25, 0.3) is 0 Å². The Kier molecular flexibility index (Phi) is 2.21.